The summed E-state index contributed by atoms with van der Waals surface area (Å²) >= 11 is 3.59. The SMILES string of the molecule is CC1CSc2cc(C(=O)N=C(N)N)ccc2S1. The minimum Gasteiger partial charge on any atom is -0.370 e. The third-order valence-electron chi connectivity index (χ3n) is 2.22. The van der Waals surface area contributed by atoms with Gasteiger partial charge in [0.15, 0.2) is 5.96 Å². The molecule has 4 nitrogen and oxygen atoms in total. The molecule has 1 aliphatic heterocycles. The van der Waals surface area contributed by atoms with Crippen LogP contribution in [0, 0.1) is 0 Å². The molecule has 90 valence electrons. The molecule has 1 aliphatic rings. The number of hydrogen-bond acceptors (Lipinski definition) is 3. The highest BCUT2D eigenvalue weighted by molar-refractivity contribution is 8.06. The summed E-state index contributed by atoms with van der Waals surface area (Å²) < 4.78 is 0. The first-order valence-corrected chi connectivity index (χ1v) is 7.00. The zero-order valence-electron chi connectivity index (χ0n) is 9.34. The van der Waals surface area contributed by atoms with E-state index in [0.717, 1.165) is 10.6 Å². The van der Waals surface area contributed by atoms with Gasteiger partial charge in [-0.05, 0) is 18.2 Å². The van der Waals surface area contributed by atoms with E-state index in [0.29, 0.717) is 10.8 Å². The number of carbonyl (C=O) groups excluding carboxylic acids is 1. The van der Waals surface area contributed by atoms with Crippen LogP contribution in [0.25, 0.3) is 0 Å². The van der Waals surface area contributed by atoms with E-state index in [2.05, 4.69) is 11.9 Å². The number of rotatable bonds is 1. The lowest BCUT2D eigenvalue weighted by Crippen LogP contribution is -2.24. The summed E-state index contributed by atoms with van der Waals surface area (Å²) in [6.45, 7) is 2.19. The van der Waals surface area contributed by atoms with Crippen LogP contribution < -0.4 is 11.5 Å². The summed E-state index contributed by atoms with van der Waals surface area (Å²) in [5.41, 5.74) is 10.9. The Morgan fingerprint density at radius 2 is 2.18 bits per heavy atom. The number of aliphatic imine (C=N–C) groups is 1. The van der Waals surface area contributed by atoms with Gasteiger partial charge in [-0.3, -0.25) is 4.79 Å². The largest absolute Gasteiger partial charge is 0.370 e. The van der Waals surface area contributed by atoms with Crippen molar-refractivity contribution in [1.82, 2.24) is 0 Å². The Hall–Kier alpha value is -1.14. The molecule has 0 fully saturated rings. The molecule has 0 radical (unpaired) electrons. The lowest BCUT2D eigenvalue weighted by Gasteiger charge is -2.20. The summed E-state index contributed by atoms with van der Waals surface area (Å²) in [7, 11) is 0. The van der Waals surface area contributed by atoms with Crippen LogP contribution in [0.4, 0.5) is 0 Å². The smallest absolute Gasteiger partial charge is 0.280 e. The van der Waals surface area contributed by atoms with Gasteiger partial charge in [-0.25, -0.2) is 0 Å². The second-order valence-electron chi connectivity index (χ2n) is 3.74. The van der Waals surface area contributed by atoms with Crippen LogP contribution in [0.5, 0.6) is 0 Å². The van der Waals surface area contributed by atoms with E-state index in [-0.39, 0.29) is 5.96 Å². The zero-order chi connectivity index (χ0) is 12.4. The lowest BCUT2D eigenvalue weighted by molar-refractivity contribution is 0.100. The number of guanidine groups is 1. The maximum absolute atomic E-state index is 11.6. The fraction of sp³-hybridized carbons (Fsp3) is 0.273. The van der Waals surface area contributed by atoms with Crippen molar-refractivity contribution in [1.29, 1.82) is 0 Å². The Labute approximate surface area is 108 Å². The summed E-state index contributed by atoms with van der Waals surface area (Å²) in [5.74, 6) is 0.456. The molecule has 17 heavy (non-hydrogen) atoms. The van der Waals surface area contributed by atoms with Crippen LogP contribution in [0.1, 0.15) is 17.3 Å². The van der Waals surface area contributed by atoms with Gasteiger partial charge in [-0.2, -0.15) is 4.99 Å². The predicted octanol–water partition coefficient (Wildman–Crippen LogP) is 1.69. The molecule has 0 aromatic heterocycles. The van der Waals surface area contributed by atoms with Crippen molar-refractivity contribution >= 4 is 35.4 Å². The highest BCUT2D eigenvalue weighted by Gasteiger charge is 2.17. The summed E-state index contributed by atoms with van der Waals surface area (Å²) in [6.07, 6.45) is 0. The molecular formula is C11H13N3OS2. The van der Waals surface area contributed by atoms with E-state index in [1.165, 1.54) is 4.90 Å². The van der Waals surface area contributed by atoms with E-state index in [1.807, 2.05) is 23.9 Å². The number of nitrogens with two attached hydrogens (primary N) is 2. The van der Waals surface area contributed by atoms with Crippen molar-refractivity contribution in [2.45, 2.75) is 22.0 Å². The molecule has 0 saturated carbocycles. The average Bonchev–Trinajstić information content (AvgIpc) is 2.27. The van der Waals surface area contributed by atoms with Gasteiger partial charge in [0.2, 0.25) is 0 Å². The molecule has 0 saturated heterocycles. The molecule has 1 unspecified atom stereocenters. The van der Waals surface area contributed by atoms with Crippen LogP contribution in [0.15, 0.2) is 33.0 Å². The van der Waals surface area contributed by atoms with Crippen LogP contribution in [-0.2, 0) is 0 Å². The molecule has 2 rings (SSSR count). The molecule has 0 aliphatic carbocycles. The maximum Gasteiger partial charge on any atom is 0.280 e. The van der Waals surface area contributed by atoms with Gasteiger partial charge in [0.05, 0.1) is 0 Å². The minimum atomic E-state index is -0.392. The fourth-order valence-corrected chi connectivity index (χ4v) is 3.88. The van der Waals surface area contributed by atoms with E-state index in [1.54, 1.807) is 17.8 Å². The highest BCUT2D eigenvalue weighted by atomic mass is 32.2. The zero-order valence-corrected chi connectivity index (χ0v) is 11.0. The Kier molecular flexibility index (Phi) is 3.63. The van der Waals surface area contributed by atoms with Gasteiger partial charge in [0, 0.05) is 26.4 Å². The van der Waals surface area contributed by atoms with Crippen molar-refractivity contribution in [2.75, 3.05) is 5.75 Å². The monoisotopic (exact) mass is 267 g/mol. The van der Waals surface area contributed by atoms with E-state index >= 15 is 0 Å². The van der Waals surface area contributed by atoms with Crippen molar-refractivity contribution in [3.8, 4) is 0 Å². The van der Waals surface area contributed by atoms with Crippen LogP contribution in [0.3, 0.4) is 0 Å². The van der Waals surface area contributed by atoms with Crippen LogP contribution in [-0.4, -0.2) is 22.9 Å². The van der Waals surface area contributed by atoms with Crippen LogP contribution in [0.2, 0.25) is 0 Å². The van der Waals surface area contributed by atoms with Gasteiger partial charge in [-0.1, -0.05) is 6.92 Å². The van der Waals surface area contributed by atoms with Crippen molar-refractivity contribution in [3.63, 3.8) is 0 Å². The lowest BCUT2D eigenvalue weighted by atomic mass is 10.2. The molecule has 1 heterocycles. The van der Waals surface area contributed by atoms with Crippen molar-refractivity contribution < 1.29 is 4.79 Å². The number of amides is 1. The normalized spacial score (nSPS) is 18.3. The van der Waals surface area contributed by atoms with E-state index < -0.39 is 5.91 Å². The average molecular weight is 267 g/mol. The molecule has 1 aromatic carbocycles. The molecular weight excluding hydrogens is 254 g/mol. The fourth-order valence-electron chi connectivity index (χ4n) is 1.49. The molecule has 6 heteroatoms. The highest BCUT2D eigenvalue weighted by Crippen LogP contribution is 2.40. The summed E-state index contributed by atoms with van der Waals surface area (Å²) in [6, 6.07) is 5.57. The Bertz CT molecular complexity index is 484. The van der Waals surface area contributed by atoms with E-state index in [4.69, 9.17) is 11.5 Å². The van der Waals surface area contributed by atoms with Crippen molar-refractivity contribution in [3.05, 3.63) is 23.8 Å². The van der Waals surface area contributed by atoms with Crippen LogP contribution >= 0.6 is 23.5 Å². The first-order valence-electron chi connectivity index (χ1n) is 5.13. The van der Waals surface area contributed by atoms with Gasteiger partial charge >= 0.3 is 0 Å². The predicted molar refractivity (Wildman–Crippen MR) is 72.6 cm³/mol. The Morgan fingerprint density at radius 3 is 2.88 bits per heavy atom. The standard InChI is InChI=1S/C11H13N3OS2/c1-6-5-16-9-4-7(2-3-8(9)17-6)10(15)14-11(12)13/h2-4,6H,5H2,1H3,(H4,12,13,14,15). The first-order chi connectivity index (χ1) is 8.06. The number of fused-ring (bicyclic) bond motifs is 1. The van der Waals surface area contributed by atoms with Gasteiger partial charge in [-0.15, -0.1) is 23.5 Å². The van der Waals surface area contributed by atoms with Gasteiger partial charge < -0.3 is 11.5 Å². The maximum atomic E-state index is 11.6. The van der Waals surface area contributed by atoms with Gasteiger partial charge in [0.25, 0.3) is 5.91 Å². The second kappa shape index (κ2) is 5.01. The number of nitrogens with zero attached hydrogens (tertiary/aromatic N) is 1. The topological polar surface area (TPSA) is 81.5 Å². The second-order valence-corrected chi connectivity index (χ2v) is 6.28. The summed E-state index contributed by atoms with van der Waals surface area (Å²) in [4.78, 5) is 17.5. The number of carbonyl (C=O) groups is 1. The molecule has 4 N–H and O–H groups in total. The number of benzene rings is 1. The molecule has 1 atom stereocenters. The Morgan fingerprint density at radius 1 is 1.41 bits per heavy atom. The molecule has 0 bridgehead atoms. The van der Waals surface area contributed by atoms with Crippen molar-refractivity contribution in [2.24, 2.45) is 16.5 Å². The minimum absolute atomic E-state index is 0.205. The summed E-state index contributed by atoms with van der Waals surface area (Å²) in [5, 5.41) is 0.603. The molecule has 1 amide bonds. The van der Waals surface area contributed by atoms with E-state index in [9.17, 15) is 4.79 Å². The third-order valence-corrected chi connectivity index (χ3v) is 5.06. The molecule has 0 spiro atoms. The number of hydrogen-bond donors (Lipinski definition) is 2. The molecule has 1 aromatic rings. The first kappa shape index (κ1) is 12.3. The van der Waals surface area contributed by atoms with Gasteiger partial charge in [0.1, 0.15) is 0 Å². The Balaban J connectivity index is 2.28. The third kappa shape index (κ3) is 2.95. The quantitative estimate of drug-likeness (QED) is 0.597. The number of thioether (sulfide) groups is 2.